The lowest BCUT2D eigenvalue weighted by Gasteiger charge is -2.13. The number of rotatable bonds is 5. The van der Waals surface area contributed by atoms with E-state index in [0.29, 0.717) is 37.4 Å². The summed E-state index contributed by atoms with van der Waals surface area (Å²) in [7, 11) is 3.18. The van der Waals surface area contributed by atoms with Crippen LogP contribution in [0.5, 0.6) is 11.5 Å². The summed E-state index contributed by atoms with van der Waals surface area (Å²) in [6.45, 7) is 0.154. The number of ether oxygens (including phenoxy) is 2. The van der Waals surface area contributed by atoms with Gasteiger partial charge in [0.05, 0.1) is 17.2 Å². The molecule has 0 atom stereocenters. The number of thiocarbonyl (C=S) groups is 1. The van der Waals surface area contributed by atoms with Gasteiger partial charge in [-0.15, -0.1) is 0 Å². The predicted octanol–water partition coefficient (Wildman–Crippen LogP) is 4.92. The number of likely N-dealkylation sites (N-methyl/N-ethyl adjacent to an activating group) is 1. The Morgan fingerprint density at radius 2 is 1.86 bits per heavy atom. The molecule has 1 aliphatic heterocycles. The van der Waals surface area contributed by atoms with Crippen LogP contribution in [0.2, 0.25) is 15.1 Å². The monoisotopic (exact) mass is 456 g/mol. The summed E-state index contributed by atoms with van der Waals surface area (Å²) in [5, 5.41) is 4.29. The molecule has 1 aliphatic rings. The fraction of sp³-hybridized carbons (Fsp3) is 0.158. The van der Waals surface area contributed by atoms with E-state index >= 15 is 0 Å². The average Bonchev–Trinajstić information content (AvgIpc) is 2.88. The Labute approximate surface area is 182 Å². The highest BCUT2D eigenvalue weighted by molar-refractivity contribution is 7.80. The maximum absolute atomic E-state index is 12.2. The van der Waals surface area contributed by atoms with E-state index in [-0.39, 0.29) is 12.5 Å². The van der Waals surface area contributed by atoms with E-state index in [1.54, 1.807) is 38.4 Å². The van der Waals surface area contributed by atoms with Crippen molar-refractivity contribution in [3.05, 3.63) is 62.2 Å². The van der Waals surface area contributed by atoms with Crippen LogP contribution in [0, 0.1) is 0 Å². The number of carbonyl (C=O) groups excluding carboxylic acids is 1. The van der Waals surface area contributed by atoms with Crippen LogP contribution >= 0.6 is 47.0 Å². The Kier molecular flexibility index (Phi) is 6.35. The zero-order chi connectivity index (χ0) is 20.4. The Morgan fingerprint density at radius 3 is 2.43 bits per heavy atom. The molecule has 1 fully saturated rings. The van der Waals surface area contributed by atoms with Crippen LogP contribution in [0.25, 0.3) is 6.08 Å². The molecule has 0 radical (unpaired) electrons. The molecule has 2 aromatic carbocycles. The van der Waals surface area contributed by atoms with Gasteiger partial charge in [0.2, 0.25) is 0 Å². The second-order valence-corrected chi connectivity index (χ2v) is 7.55. The van der Waals surface area contributed by atoms with Crippen molar-refractivity contribution in [1.82, 2.24) is 10.2 Å². The molecule has 28 heavy (non-hydrogen) atoms. The zero-order valence-electron chi connectivity index (χ0n) is 14.9. The van der Waals surface area contributed by atoms with E-state index in [1.165, 1.54) is 4.90 Å². The van der Waals surface area contributed by atoms with Gasteiger partial charge < -0.3 is 14.8 Å². The Balaban J connectivity index is 1.86. The fourth-order valence-electron chi connectivity index (χ4n) is 2.61. The summed E-state index contributed by atoms with van der Waals surface area (Å²) in [4.78, 5) is 13.5. The van der Waals surface area contributed by atoms with E-state index in [9.17, 15) is 4.79 Å². The molecule has 0 unspecified atom stereocenters. The van der Waals surface area contributed by atoms with Gasteiger partial charge in [0.15, 0.2) is 10.9 Å². The summed E-state index contributed by atoms with van der Waals surface area (Å²) in [5.41, 5.74) is 1.93. The van der Waals surface area contributed by atoms with Crippen LogP contribution in [0.1, 0.15) is 11.1 Å². The minimum atomic E-state index is -0.196. The first-order valence-electron chi connectivity index (χ1n) is 8.05. The molecule has 0 aliphatic carbocycles. The van der Waals surface area contributed by atoms with Crippen molar-refractivity contribution in [2.75, 3.05) is 14.2 Å². The lowest BCUT2D eigenvalue weighted by Crippen LogP contribution is -2.25. The van der Waals surface area contributed by atoms with Crippen molar-refractivity contribution >= 4 is 64.1 Å². The number of nitrogens with zero attached hydrogens (tertiary/aromatic N) is 1. The number of halogens is 3. The zero-order valence-corrected chi connectivity index (χ0v) is 18.0. The van der Waals surface area contributed by atoms with Crippen LogP contribution in [0.4, 0.5) is 0 Å². The van der Waals surface area contributed by atoms with E-state index < -0.39 is 0 Å². The molecule has 0 bridgehead atoms. The van der Waals surface area contributed by atoms with Crippen LogP contribution in [0.15, 0.2) is 36.0 Å². The van der Waals surface area contributed by atoms with Gasteiger partial charge in [0.25, 0.3) is 5.91 Å². The Bertz CT molecular complexity index is 971. The fourth-order valence-corrected chi connectivity index (χ4v) is 3.73. The topological polar surface area (TPSA) is 50.8 Å². The molecular weight excluding hydrogens is 443 g/mol. The van der Waals surface area contributed by atoms with E-state index in [4.69, 9.17) is 56.5 Å². The summed E-state index contributed by atoms with van der Waals surface area (Å²) < 4.78 is 11.2. The molecule has 1 amide bonds. The lowest BCUT2D eigenvalue weighted by atomic mass is 10.1. The molecule has 1 heterocycles. The van der Waals surface area contributed by atoms with Crippen molar-refractivity contribution in [2.24, 2.45) is 0 Å². The maximum Gasteiger partial charge on any atom is 0.276 e. The minimum Gasteiger partial charge on any atom is -0.496 e. The highest BCUT2D eigenvalue weighted by Gasteiger charge is 2.27. The SMILES string of the molecule is COc1ccc(/C=C2/NC(=S)N(C)C2=O)cc1COc1c(Cl)cc(Cl)cc1Cl. The van der Waals surface area contributed by atoms with Gasteiger partial charge in [0, 0.05) is 17.6 Å². The second-order valence-electron chi connectivity index (χ2n) is 5.91. The van der Waals surface area contributed by atoms with Crippen LogP contribution in [-0.4, -0.2) is 30.1 Å². The van der Waals surface area contributed by atoms with Gasteiger partial charge in [-0.2, -0.15) is 0 Å². The average molecular weight is 458 g/mol. The van der Waals surface area contributed by atoms with E-state index in [0.717, 1.165) is 11.1 Å². The van der Waals surface area contributed by atoms with Gasteiger partial charge in [0.1, 0.15) is 18.1 Å². The van der Waals surface area contributed by atoms with Crippen molar-refractivity contribution in [2.45, 2.75) is 6.61 Å². The number of hydrogen-bond donors (Lipinski definition) is 1. The summed E-state index contributed by atoms with van der Waals surface area (Å²) in [5.74, 6) is 0.762. The van der Waals surface area contributed by atoms with Crippen LogP contribution in [0.3, 0.4) is 0 Å². The van der Waals surface area contributed by atoms with Crippen LogP contribution in [-0.2, 0) is 11.4 Å². The molecule has 5 nitrogen and oxygen atoms in total. The second kappa shape index (κ2) is 8.57. The first-order chi connectivity index (χ1) is 13.3. The Hall–Kier alpha value is -1.99. The standard InChI is InChI=1S/C19H15Cl3N2O3S/c1-24-18(25)15(23-19(24)28)6-10-3-4-16(26-2)11(5-10)9-27-17-13(21)7-12(20)8-14(17)22/h3-8H,9H2,1-2H3,(H,23,28)/b15-6+. The molecule has 2 aromatic rings. The third-order valence-electron chi connectivity index (χ3n) is 4.03. The smallest absolute Gasteiger partial charge is 0.276 e. The molecule has 9 heteroatoms. The summed E-state index contributed by atoms with van der Waals surface area (Å²) >= 11 is 23.3. The predicted molar refractivity (Wildman–Crippen MR) is 115 cm³/mol. The molecule has 0 saturated carbocycles. The van der Waals surface area contributed by atoms with Crippen molar-refractivity contribution < 1.29 is 14.3 Å². The van der Waals surface area contributed by atoms with Gasteiger partial charge in [-0.3, -0.25) is 9.69 Å². The van der Waals surface area contributed by atoms with E-state index in [2.05, 4.69) is 5.32 Å². The third-order valence-corrected chi connectivity index (χ3v) is 5.19. The molecular formula is C19H15Cl3N2O3S. The number of hydrogen-bond acceptors (Lipinski definition) is 4. The van der Waals surface area contributed by atoms with E-state index in [1.807, 2.05) is 12.1 Å². The normalized spacial score (nSPS) is 15.2. The van der Waals surface area contributed by atoms with Gasteiger partial charge in [-0.25, -0.2) is 0 Å². The largest absolute Gasteiger partial charge is 0.496 e. The van der Waals surface area contributed by atoms with Crippen molar-refractivity contribution in [1.29, 1.82) is 0 Å². The molecule has 0 spiro atoms. The van der Waals surface area contributed by atoms with Crippen LogP contribution < -0.4 is 14.8 Å². The van der Waals surface area contributed by atoms with Crippen molar-refractivity contribution in [3.8, 4) is 11.5 Å². The molecule has 146 valence electrons. The quantitative estimate of drug-likeness (QED) is 0.510. The highest BCUT2D eigenvalue weighted by atomic mass is 35.5. The van der Waals surface area contributed by atoms with Gasteiger partial charge in [-0.05, 0) is 48.1 Å². The Morgan fingerprint density at radius 1 is 1.18 bits per heavy atom. The highest BCUT2D eigenvalue weighted by Crippen LogP contribution is 2.36. The molecule has 1 N–H and O–H groups in total. The summed E-state index contributed by atoms with van der Waals surface area (Å²) in [6, 6.07) is 8.57. The summed E-state index contributed by atoms with van der Waals surface area (Å²) in [6.07, 6.45) is 1.71. The number of nitrogens with one attached hydrogen (secondary N) is 1. The van der Waals surface area contributed by atoms with Gasteiger partial charge >= 0.3 is 0 Å². The molecule has 1 saturated heterocycles. The van der Waals surface area contributed by atoms with Crippen molar-refractivity contribution in [3.63, 3.8) is 0 Å². The lowest BCUT2D eigenvalue weighted by molar-refractivity contribution is -0.121. The maximum atomic E-state index is 12.2. The number of carbonyl (C=O) groups is 1. The first kappa shape index (κ1) is 20.7. The first-order valence-corrected chi connectivity index (χ1v) is 9.59. The number of amides is 1. The van der Waals surface area contributed by atoms with Gasteiger partial charge in [-0.1, -0.05) is 40.9 Å². The number of methoxy groups -OCH3 is 1. The number of benzene rings is 2. The third kappa shape index (κ3) is 4.36. The minimum absolute atomic E-state index is 0.154. The molecule has 3 rings (SSSR count). The molecule has 0 aromatic heterocycles.